The fourth-order valence-corrected chi connectivity index (χ4v) is 3.55. The Morgan fingerprint density at radius 2 is 2.12 bits per heavy atom. The molecule has 1 aliphatic rings. The molecule has 4 nitrogen and oxygen atoms in total. The van der Waals surface area contributed by atoms with Crippen LogP contribution in [0.1, 0.15) is 19.8 Å². The number of hydrogen-bond donors (Lipinski definition) is 1. The van der Waals surface area contributed by atoms with Gasteiger partial charge in [0.1, 0.15) is 0 Å². The Balaban J connectivity index is 2.37. The predicted octanol–water partition coefficient (Wildman–Crippen LogP) is 1.44. The summed E-state index contributed by atoms with van der Waals surface area (Å²) >= 11 is 0. The van der Waals surface area contributed by atoms with Crippen molar-refractivity contribution in [2.75, 3.05) is 12.3 Å². The van der Waals surface area contributed by atoms with Crippen LogP contribution in [0.25, 0.3) is 0 Å². The maximum Gasteiger partial charge on any atom is 0.243 e. The van der Waals surface area contributed by atoms with E-state index in [9.17, 15) is 8.42 Å². The molecule has 0 aromatic heterocycles. The van der Waals surface area contributed by atoms with Crippen molar-refractivity contribution in [2.24, 2.45) is 0 Å². The molecule has 0 bridgehead atoms. The second-order valence-corrected chi connectivity index (χ2v) is 5.90. The van der Waals surface area contributed by atoms with Crippen molar-refractivity contribution >= 4 is 15.7 Å². The molecule has 0 saturated heterocycles. The molecule has 1 aromatic carbocycles. The largest absolute Gasteiger partial charge is 0.399 e. The van der Waals surface area contributed by atoms with Gasteiger partial charge in [-0.25, -0.2) is 8.42 Å². The number of benzene rings is 1. The summed E-state index contributed by atoms with van der Waals surface area (Å²) in [7, 11) is -3.36. The molecule has 0 aliphatic heterocycles. The summed E-state index contributed by atoms with van der Waals surface area (Å²) in [4.78, 5) is 0.293. The molecule has 1 saturated carbocycles. The van der Waals surface area contributed by atoms with Gasteiger partial charge in [-0.2, -0.15) is 4.31 Å². The van der Waals surface area contributed by atoms with Crippen LogP contribution in [-0.4, -0.2) is 25.3 Å². The molecule has 2 rings (SSSR count). The molecule has 1 aliphatic carbocycles. The first-order chi connectivity index (χ1) is 7.55. The SMILES string of the molecule is CCN(C1CC1)S(=O)(=O)c1cccc(N)c1. The Morgan fingerprint density at radius 1 is 1.44 bits per heavy atom. The number of nitrogens with two attached hydrogens (primary N) is 1. The quantitative estimate of drug-likeness (QED) is 0.810. The van der Waals surface area contributed by atoms with Crippen molar-refractivity contribution < 1.29 is 8.42 Å². The highest BCUT2D eigenvalue weighted by Crippen LogP contribution is 2.31. The molecule has 1 aromatic rings. The number of anilines is 1. The zero-order chi connectivity index (χ0) is 11.8. The Hall–Kier alpha value is -1.07. The van der Waals surface area contributed by atoms with E-state index in [2.05, 4.69) is 0 Å². The van der Waals surface area contributed by atoms with Gasteiger partial charge < -0.3 is 5.73 Å². The van der Waals surface area contributed by atoms with E-state index >= 15 is 0 Å². The lowest BCUT2D eigenvalue weighted by Crippen LogP contribution is -2.32. The van der Waals surface area contributed by atoms with Crippen molar-refractivity contribution in [3.05, 3.63) is 24.3 Å². The van der Waals surface area contributed by atoms with E-state index in [1.807, 2.05) is 6.92 Å². The molecule has 0 atom stereocenters. The highest BCUT2D eigenvalue weighted by atomic mass is 32.2. The minimum Gasteiger partial charge on any atom is -0.399 e. The molecule has 2 N–H and O–H groups in total. The molecule has 0 unspecified atom stereocenters. The first kappa shape index (κ1) is 11.4. The normalized spacial score (nSPS) is 16.6. The first-order valence-corrected chi connectivity index (χ1v) is 6.87. The van der Waals surface area contributed by atoms with Gasteiger partial charge in [-0.15, -0.1) is 0 Å². The number of sulfonamides is 1. The van der Waals surface area contributed by atoms with Gasteiger partial charge in [-0.3, -0.25) is 0 Å². The molecular weight excluding hydrogens is 224 g/mol. The fraction of sp³-hybridized carbons (Fsp3) is 0.455. The minimum atomic E-state index is -3.36. The highest BCUT2D eigenvalue weighted by molar-refractivity contribution is 7.89. The van der Waals surface area contributed by atoms with Crippen molar-refractivity contribution in [3.63, 3.8) is 0 Å². The second-order valence-electron chi connectivity index (χ2n) is 4.01. The lowest BCUT2D eigenvalue weighted by Gasteiger charge is -2.19. The van der Waals surface area contributed by atoms with Crippen molar-refractivity contribution in [1.82, 2.24) is 4.31 Å². The van der Waals surface area contributed by atoms with Crippen LogP contribution in [0.3, 0.4) is 0 Å². The van der Waals surface area contributed by atoms with E-state index in [1.165, 1.54) is 6.07 Å². The third-order valence-corrected chi connectivity index (χ3v) is 4.75. The van der Waals surface area contributed by atoms with Gasteiger partial charge in [-0.05, 0) is 31.0 Å². The molecule has 88 valence electrons. The highest BCUT2D eigenvalue weighted by Gasteiger charge is 2.36. The van der Waals surface area contributed by atoms with E-state index in [4.69, 9.17) is 5.73 Å². The summed E-state index contributed by atoms with van der Waals surface area (Å²) < 4.78 is 26.1. The Labute approximate surface area is 96.1 Å². The van der Waals surface area contributed by atoms with E-state index in [0.717, 1.165) is 12.8 Å². The number of nitrogens with zero attached hydrogens (tertiary/aromatic N) is 1. The molecule has 1 fully saturated rings. The Bertz CT molecular complexity index is 481. The van der Waals surface area contributed by atoms with Crippen molar-refractivity contribution in [1.29, 1.82) is 0 Å². The van der Waals surface area contributed by atoms with Gasteiger partial charge >= 0.3 is 0 Å². The summed E-state index contributed by atoms with van der Waals surface area (Å²) in [6, 6.07) is 6.66. The Kier molecular flexibility index (Phi) is 2.90. The van der Waals surface area contributed by atoms with E-state index in [0.29, 0.717) is 17.1 Å². The van der Waals surface area contributed by atoms with Crippen molar-refractivity contribution in [3.8, 4) is 0 Å². The minimum absolute atomic E-state index is 0.191. The zero-order valence-corrected chi connectivity index (χ0v) is 10.1. The summed E-state index contributed by atoms with van der Waals surface area (Å²) in [5.74, 6) is 0. The molecular formula is C11H16N2O2S. The molecule has 16 heavy (non-hydrogen) atoms. The second kappa shape index (κ2) is 4.07. The third-order valence-electron chi connectivity index (χ3n) is 2.73. The van der Waals surface area contributed by atoms with E-state index in [1.54, 1.807) is 22.5 Å². The summed E-state index contributed by atoms with van der Waals surface area (Å²) in [5, 5.41) is 0. The maximum atomic E-state index is 12.3. The van der Waals surface area contributed by atoms with Crippen LogP contribution in [0.4, 0.5) is 5.69 Å². The molecule has 5 heteroatoms. The predicted molar refractivity (Wildman–Crippen MR) is 63.4 cm³/mol. The molecule has 0 amide bonds. The fourth-order valence-electron chi connectivity index (χ4n) is 1.80. The van der Waals surface area contributed by atoms with Crippen LogP contribution in [0.2, 0.25) is 0 Å². The average Bonchev–Trinajstić information content (AvgIpc) is 3.03. The van der Waals surface area contributed by atoms with Crippen molar-refractivity contribution in [2.45, 2.75) is 30.7 Å². The third kappa shape index (κ3) is 2.05. The number of rotatable bonds is 4. The number of nitrogen functional groups attached to an aromatic ring is 1. The van der Waals surface area contributed by atoms with E-state index < -0.39 is 10.0 Å². The van der Waals surface area contributed by atoms with E-state index in [-0.39, 0.29) is 6.04 Å². The number of hydrogen-bond acceptors (Lipinski definition) is 3. The summed E-state index contributed by atoms with van der Waals surface area (Å²) in [6.45, 7) is 2.38. The average molecular weight is 240 g/mol. The van der Waals surface area contributed by atoms with Gasteiger partial charge in [0, 0.05) is 18.3 Å². The topological polar surface area (TPSA) is 63.4 Å². The van der Waals surface area contributed by atoms with Gasteiger partial charge in [0.05, 0.1) is 4.90 Å². The monoisotopic (exact) mass is 240 g/mol. The van der Waals surface area contributed by atoms with Gasteiger partial charge in [0.25, 0.3) is 0 Å². The standard InChI is InChI=1S/C11H16N2O2S/c1-2-13(10-6-7-10)16(14,15)11-5-3-4-9(12)8-11/h3-5,8,10H,2,6-7,12H2,1H3. The lowest BCUT2D eigenvalue weighted by molar-refractivity contribution is 0.421. The Morgan fingerprint density at radius 3 is 2.62 bits per heavy atom. The molecule has 0 radical (unpaired) electrons. The van der Waals surface area contributed by atoms with Crippen LogP contribution in [-0.2, 0) is 10.0 Å². The van der Waals surface area contributed by atoms with Crippen LogP contribution < -0.4 is 5.73 Å². The van der Waals surface area contributed by atoms with Crippen LogP contribution >= 0.6 is 0 Å². The van der Waals surface area contributed by atoms with Crippen LogP contribution in [0.5, 0.6) is 0 Å². The van der Waals surface area contributed by atoms with Gasteiger partial charge in [-0.1, -0.05) is 13.0 Å². The smallest absolute Gasteiger partial charge is 0.243 e. The van der Waals surface area contributed by atoms with Crippen LogP contribution in [0, 0.1) is 0 Å². The van der Waals surface area contributed by atoms with Gasteiger partial charge in [0.2, 0.25) is 10.0 Å². The van der Waals surface area contributed by atoms with Gasteiger partial charge in [0.15, 0.2) is 0 Å². The van der Waals surface area contributed by atoms with Crippen LogP contribution in [0.15, 0.2) is 29.2 Å². The zero-order valence-electron chi connectivity index (χ0n) is 9.26. The maximum absolute atomic E-state index is 12.3. The lowest BCUT2D eigenvalue weighted by atomic mass is 10.3. The molecule has 0 heterocycles. The summed E-state index contributed by atoms with van der Waals surface area (Å²) in [5.41, 5.74) is 6.09. The molecule has 0 spiro atoms. The summed E-state index contributed by atoms with van der Waals surface area (Å²) in [6.07, 6.45) is 1.94. The first-order valence-electron chi connectivity index (χ1n) is 5.43.